The summed E-state index contributed by atoms with van der Waals surface area (Å²) in [5.74, 6) is 0.0839. The lowest BCUT2D eigenvalue weighted by Gasteiger charge is -2.28. The van der Waals surface area contributed by atoms with Crippen LogP contribution in [0.25, 0.3) is 0 Å². The molecular weight excluding hydrogens is 216 g/mol. The van der Waals surface area contributed by atoms with Crippen LogP contribution in [-0.2, 0) is 9.47 Å². The zero-order chi connectivity index (χ0) is 12.6. The minimum atomic E-state index is -0.484. The summed E-state index contributed by atoms with van der Waals surface area (Å²) in [5, 5.41) is 9.07. The molecular formula is C14H26O3. The fraction of sp³-hybridized carbons (Fsp3) is 0.857. The first-order valence-electron chi connectivity index (χ1n) is 6.93. The van der Waals surface area contributed by atoms with Gasteiger partial charge in [-0.05, 0) is 12.8 Å². The van der Waals surface area contributed by atoms with E-state index < -0.39 is 5.79 Å². The second kappa shape index (κ2) is 7.59. The number of aliphatic hydroxyl groups is 1. The molecule has 0 aromatic rings. The molecule has 0 bridgehead atoms. The standard InChI is InChI=1S/C14H26O3/c1-3-5-7-9-14(10-8-6-4-2)16-12-13(11-15)17-14/h12,15H,3-11H2,1-2H3. The zero-order valence-electron chi connectivity index (χ0n) is 11.2. The van der Waals surface area contributed by atoms with Crippen molar-refractivity contribution in [3.8, 4) is 0 Å². The van der Waals surface area contributed by atoms with E-state index in [1.54, 1.807) is 6.26 Å². The van der Waals surface area contributed by atoms with E-state index in [-0.39, 0.29) is 6.61 Å². The number of hydrogen-bond donors (Lipinski definition) is 1. The van der Waals surface area contributed by atoms with Gasteiger partial charge in [-0.1, -0.05) is 39.5 Å². The van der Waals surface area contributed by atoms with E-state index in [0.717, 1.165) is 25.7 Å². The molecule has 0 radical (unpaired) electrons. The van der Waals surface area contributed by atoms with Crippen molar-refractivity contribution in [1.82, 2.24) is 0 Å². The molecule has 100 valence electrons. The molecule has 3 nitrogen and oxygen atoms in total. The van der Waals surface area contributed by atoms with Crippen LogP contribution >= 0.6 is 0 Å². The lowest BCUT2D eigenvalue weighted by atomic mass is 10.0. The highest BCUT2D eigenvalue weighted by Gasteiger charge is 2.37. The van der Waals surface area contributed by atoms with E-state index in [1.165, 1.54) is 25.7 Å². The highest BCUT2D eigenvalue weighted by molar-refractivity contribution is 4.97. The summed E-state index contributed by atoms with van der Waals surface area (Å²) in [5.41, 5.74) is 0. The molecule has 17 heavy (non-hydrogen) atoms. The topological polar surface area (TPSA) is 38.7 Å². The lowest BCUT2D eigenvalue weighted by molar-refractivity contribution is -0.162. The number of unbranched alkanes of at least 4 members (excludes halogenated alkanes) is 4. The predicted molar refractivity (Wildman–Crippen MR) is 68.4 cm³/mol. The van der Waals surface area contributed by atoms with Crippen molar-refractivity contribution in [2.45, 2.75) is 71.0 Å². The molecule has 1 aliphatic rings. The molecule has 1 aliphatic heterocycles. The predicted octanol–water partition coefficient (Wildman–Crippen LogP) is 3.72. The van der Waals surface area contributed by atoms with Gasteiger partial charge < -0.3 is 14.6 Å². The Morgan fingerprint density at radius 1 is 1.06 bits per heavy atom. The summed E-state index contributed by atoms with van der Waals surface area (Å²) in [6.45, 7) is 4.32. The summed E-state index contributed by atoms with van der Waals surface area (Å²) >= 11 is 0. The smallest absolute Gasteiger partial charge is 0.250 e. The summed E-state index contributed by atoms with van der Waals surface area (Å²) in [7, 11) is 0. The Kier molecular flexibility index (Phi) is 6.41. The maximum atomic E-state index is 9.07. The maximum Gasteiger partial charge on any atom is 0.250 e. The van der Waals surface area contributed by atoms with Crippen molar-refractivity contribution in [2.75, 3.05) is 6.61 Å². The number of aliphatic hydroxyl groups excluding tert-OH is 1. The third-order valence-corrected chi connectivity index (χ3v) is 3.20. The van der Waals surface area contributed by atoms with Crippen molar-refractivity contribution in [3.63, 3.8) is 0 Å². The highest BCUT2D eigenvalue weighted by Crippen LogP contribution is 2.35. The molecule has 0 aromatic heterocycles. The van der Waals surface area contributed by atoms with E-state index in [4.69, 9.17) is 14.6 Å². The quantitative estimate of drug-likeness (QED) is 0.626. The van der Waals surface area contributed by atoms with Gasteiger partial charge in [0.05, 0.1) is 0 Å². The number of ether oxygens (including phenoxy) is 2. The van der Waals surface area contributed by atoms with Gasteiger partial charge in [0.1, 0.15) is 12.9 Å². The highest BCUT2D eigenvalue weighted by atomic mass is 16.7. The van der Waals surface area contributed by atoms with Gasteiger partial charge in [-0.3, -0.25) is 0 Å². The number of hydrogen-bond acceptors (Lipinski definition) is 3. The first-order chi connectivity index (χ1) is 8.26. The second-order valence-corrected chi connectivity index (χ2v) is 4.79. The Morgan fingerprint density at radius 3 is 2.06 bits per heavy atom. The lowest BCUT2D eigenvalue weighted by Crippen LogP contribution is -2.30. The van der Waals surface area contributed by atoms with Gasteiger partial charge in [0.25, 0.3) is 0 Å². The van der Waals surface area contributed by atoms with Gasteiger partial charge in [-0.2, -0.15) is 0 Å². The van der Waals surface area contributed by atoms with E-state index in [2.05, 4.69) is 13.8 Å². The van der Waals surface area contributed by atoms with Crippen LogP contribution in [0.5, 0.6) is 0 Å². The van der Waals surface area contributed by atoms with Crippen molar-refractivity contribution >= 4 is 0 Å². The average Bonchev–Trinajstić information content (AvgIpc) is 2.74. The van der Waals surface area contributed by atoms with Crippen molar-refractivity contribution in [1.29, 1.82) is 0 Å². The molecule has 0 saturated carbocycles. The first kappa shape index (κ1) is 14.4. The van der Waals surface area contributed by atoms with Crippen LogP contribution in [0.2, 0.25) is 0 Å². The average molecular weight is 242 g/mol. The molecule has 1 rings (SSSR count). The summed E-state index contributed by atoms with van der Waals surface area (Å²) in [6, 6.07) is 0. The van der Waals surface area contributed by atoms with Crippen LogP contribution < -0.4 is 0 Å². The summed E-state index contributed by atoms with van der Waals surface area (Å²) < 4.78 is 11.5. The molecule has 0 atom stereocenters. The van der Waals surface area contributed by atoms with Gasteiger partial charge in [-0.25, -0.2) is 0 Å². The van der Waals surface area contributed by atoms with Crippen molar-refractivity contribution < 1.29 is 14.6 Å². The third kappa shape index (κ3) is 4.58. The Bertz CT molecular complexity index is 226. The molecule has 1 N–H and O–H groups in total. The van der Waals surface area contributed by atoms with E-state index in [1.807, 2.05) is 0 Å². The second-order valence-electron chi connectivity index (χ2n) is 4.79. The van der Waals surface area contributed by atoms with Crippen LogP contribution in [0.4, 0.5) is 0 Å². The minimum absolute atomic E-state index is 0.0662. The molecule has 0 spiro atoms. The molecule has 0 saturated heterocycles. The molecule has 0 aliphatic carbocycles. The third-order valence-electron chi connectivity index (χ3n) is 3.20. The Labute approximate surface area is 105 Å². The number of rotatable bonds is 9. The zero-order valence-corrected chi connectivity index (χ0v) is 11.2. The largest absolute Gasteiger partial charge is 0.456 e. The van der Waals surface area contributed by atoms with E-state index in [9.17, 15) is 0 Å². The van der Waals surface area contributed by atoms with Crippen LogP contribution in [0, 0.1) is 0 Å². The molecule has 0 aromatic carbocycles. The van der Waals surface area contributed by atoms with Crippen molar-refractivity contribution in [3.05, 3.63) is 12.0 Å². The normalized spacial score (nSPS) is 17.5. The Hall–Kier alpha value is -0.700. The van der Waals surface area contributed by atoms with Crippen LogP contribution in [0.1, 0.15) is 65.2 Å². The van der Waals surface area contributed by atoms with E-state index >= 15 is 0 Å². The SMILES string of the molecule is CCCCCC1(CCCCC)OC=C(CO)O1. The molecule has 1 heterocycles. The van der Waals surface area contributed by atoms with Gasteiger partial charge in [-0.15, -0.1) is 0 Å². The van der Waals surface area contributed by atoms with Crippen LogP contribution in [0.3, 0.4) is 0 Å². The summed E-state index contributed by atoms with van der Waals surface area (Å²) in [4.78, 5) is 0. The van der Waals surface area contributed by atoms with Gasteiger partial charge in [0.2, 0.25) is 5.79 Å². The fourth-order valence-electron chi connectivity index (χ4n) is 2.16. The Balaban J connectivity index is 2.42. The van der Waals surface area contributed by atoms with Gasteiger partial charge in [0.15, 0.2) is 5.76 Å². The van der Waals surface area contributed by atoms with E-state index in [0.29, 0.717) is 5.76 Å². The maximum absolute atomic E-state index is 9.07. The first-order valence-corrected chi connectivity index (χ1v) is 6.93. The minimum Gasteiger partial charge on any atom is -0.456 e. The van der Waals surface area contributed by atoms with Gasteiger partial charge in [0, 0.05) is 12.8 Å². The van der Waals surface area contributed by atoms with Gasteiger partial charge >= 0.3 is 0 Å². The molecule has 3 heteroatoms. The molecule has 0 amide bonds. The molecule has 0 unspecified atom stereocenters. The Morgan fingerprint density at radius 2 is 1.65 bits per heavy atom. The fourth-order valence-corrected chi connectivity index (χ4v) is 2.16. The monoisotopic (exact) mass is 242 g/mol. The van der Waals surface area contributed by atoms with Crippen molar-refractivity contribution in [2.24, 2.45) is 0 Å². The molecule has 0 fully saturated rings. The summed E-state index contributed by atoms with van der Waals surface area (Å²) in [6.07, 6.45) is 10.5. The van der Waals surface area contributed by atoms with Crippen LogP contribution in [-0.4, -0.2) is 17.5 Å². The van der Waals surface area contributed by atoms with Crippen LogP contribution in [0.15, 0.2) is 12.0 Å².